The van der Waals surface area contributed by atoms with Crippen LogP contribution in [0.4, 0.5) is 0 Å². The first-order chi connectivity index (χ1) is 25.8. The SMILES string of the molecule is c1ccc(-c2nc(-c3ccc4c(c3)c3ccccc3n4-c3ccccc3)nc(-c3cccc4oc5c(ccc6ccc7ccccc7c65)c34)n2)cc1. The molecule has 0 aliphatic carbocycles. The zero-order chi connectivity index (χ0) is 34.2. The van der Waals surface area contributed by atoms with Crippen molar-refractivity contribution in [3.05, 3.63) is 170 Å². The molecule has 0 bridgehead atoms. The number of hydrogen-bond acceptors (Lipinski definition) is 4. The zero-order valence-electron chi connectivity index (χ0n) is 27.9. The van der Waals surface area contributed by atoms with E-state index in [4.69, 9.17) is 19.4 Å². The van der Waals surface area contributed by atoms with E-state index in [2.05, 4.69) is 132 Å². The van der Waals surface area contributed by atoms with Gasteiger partial charge in [-0.25, -0.2) is 15.0 Å². The Bertz CT molecular complexity index is 3180. The number of rotatable bonds is 4. The average Bonchev–Trinajstić information content (AvgIpc) is 3.77. The fourth-order valence-electron chi connectivity index (χ4n) is 7.87. The molecule has 0 amide bonds. The van der Waals surface area contributed by atoms with Crippen molar-refractivity contribution >= 4 is 65.3 Å². The second kappa shape index (κ2) is 11.2. The summed E-state index contributed by atoms with van der Waals surface area (Å²) in [6.45, 7) is 0. The maximum Gasteiger partial charge on any atom is 0.164 e. The van der Waals surface area contributed by atoms with Crippen molar-refractivity contribution in [3.8, 4) is 39.9 Å². The third-order valence-electron chi connectivity index (χ3n) is 10.2. The molecule has 8 aromatic carbocycles. The third-order valence-corrected chi connectivity index (χ3v) is 10.2. The van der Waals surface area contributed by atoms with Gasteiger partial charge in [-0.3, -0.25) is 0 Å². The molecule has 0 N–H and O–H groups in total. The van der Waals surface area contributed by atoms with E-state index in [0.29, 0.717) is 17.5 Å². The third kappa shape index (κ3) is 4.33. The molecule has 0 radical (unpaired) electrons. The molecule has 0 aliphatic rings. The van der Waals surface area contributed by atoms with Crippen LogP contribution in [0.15, 0.2) is 174 Å². The zero-order valence-corrected chi connectivity index (χ0v) is 27.9. The Morgan fingerprint density at radius 3 is 1.94 bits per heavy atom. The van der Waals surface area contributed by atoms with Gasteiger partial charge in [0, 0.05) is 49.3 Å². The second-order valence-electron chi connectivity index (χ2n) is 13.2. The Morgan fingerprint density at radius 2 is 1.08 bits per heavy atom. The van der Waals surface area contributed by atoms with Gasteiger partial charge in [0.25, 0.3) is 0 Å². The van der Waals surface area contributed by atoms with Crippen LogP contribution in [0, 0.1) is 0 Å². The van der Waals surface area contributed by atoms with E-state index in [1.165, 1.54) is 16.2 Å². The number of para-hydroxylation sites is 2. The molecule has 11 rings (SSSR count). The molecule has 3 aromatic heterocycles. The molecule has 0 spiro atoms. The molecule has 5 heteroatoms. The van der Waals surface area contributed by atoms with E-state index in [0.717, 1.165) is 71.5 Å². The lowest BCUT2D eigenvalue weighted by atomic mass is 9.98. The summed E-state index contributed by atoms with van der Waals surface area (Å²) in [6, 6.07) is 59.1. The van der Waals surface area contributed by atoms with Gasteiger partial charge in [-0.1, -0.05) is 121 Å². The van der Waals surface area contributed by atoms with Crippen LogP contribution in [0.3, 0.4) is 0 Å². The highest BCUT2D eigenvalue weighted by molar-refractivity contribution is 6.24. The molecule has 5 nitrogen and oxygen atoms in total. The van der Waals surface area contributed by atoms with Crippen LogP contribution >= 0.6 is 0 Å². The Labute approximate surface area is 298 Å². The lowest BCUT2D eigenvalue weighted by molar-refractivity contribution is 0.673. The van der Waals surface area contributed by atoms with Crippen molar-refractivity contribution in [1.82, 2.24) is 19.5 Å². The molecule has 0 unspecified atom stereocenters. The number of fused-ring (bicyclic) bond motifs is 10. The van der Waals surface area contributed by atoms with Crippen molar-refractivity contribution in [2.75, 3.05) is 0 Å². The van der Waals surface area contributed by atoms with E-state index in [-0.39, 0.29) is 0 Å². The van der Waals surface area contributed by atoms with Gasteiger partial charge in [0.05, 0.1) is 11.0 Å². The standard InChI is InChI=1S/C47H28N4O/c1-3-13-31(14-4-1)45-48-46(32-25-27-40-38(28-32)35-18-9-10-20-39(35)51(40)33-15-5-2-6-16-33)50-47(49-45)37-19-11-21-41-43(37)36-26-24-30-23-22-29-12-7-8-17-34(29)42(30)44(36)52-41/h1-28H. The largest absolute Gasteiger partial charge is 0.455 e. The molecule has 0 fully saturated rings. The summed E-state index contributed by atoms with van der Waals surface area (Å²) in [4.78, 5) is 15.5. The van der Waals surface area contributed by atoms with E-state index in [1.807, 2.05) is 42.5 Å². The predicted octanol–water partition coefficient (Wildman–Crippen LogP) is 12.2. The van der Waals surface area contributed by atoms with Gasteiger partial charge in [0.2, 0.25) is 0 Å². The van der Waals surface area contributed by atoms with E-state index < -0.39 is 0 Å². The van der Waals surface area contributed by atoms with Crippen LogP contribution in [0.25, 0.3) is 105 Å². The van der Waals surface area contributed by atoms with Crippen molar-refractivity contribution < 1.29 is 4.42 Å². The van der Waals surface area contributed by atoms with E-state index in [9.17, 15) is 0 Å². The predicted molar refractivity (Wildman–Crippen MR) is 213 cm³/mol. The van der Waals surface area contributed by atoms with Gasteiger partial charge in [-0.2, -0.15) is 0 Å². The summed E-state index contributed by atoms with van der Waals surface area (Å²) in [5.41, 5.74) is 7.82. The minimum Gasteiger partial charge on any atom is -0.455 e. The Balaban J connectivity index is 1.16. The number of hydrogen-bond donors (Lipinski definition) is 0. The summed E-state index contributed by atoms with van der Waals surface area (Å²) in [6.07, 6.45) is 0. The quantitative estimate of drug-likeness (QED) is 0.176. The maximum atomic E-state index is 6.72. The van der Waals surface area contributed by atoms with Crippen molar-refractivity contribution in [2.24, 2.45) is 0 Å². The summed E-state index contributed by atoms with van der Waals surface area (Å²) < 4.78 is 9.04. The summed E-state index contributed by atoms with van der Waals surface area (Å²) in [5, 5.41) is 8.95. The van der Waals surface area contributed by atoms with E-state index >= 15 is 0 Å². The first-order valence-electron chi connectivity index (χ1n) is 17.5. The molecule has 3 heterocycles. The highest BCUT2D eigenvalue weighted by Gasteiger charge is 2.20. The molecular weight excluding hydrogens is 637 g/mol. The minimum atomic E-state index is 0.599. The smallest absolute Gasteiger partial charge is 0.164 e. The lowest BCUT2D eigenvalue weighted by Crippen LogP contribution is -2.00. The van der Waals surface area contributed by atoms with Gasteiger partial charge in [-0.15, -0.1) is 0 Å². The van der Waals surface area contributed by atoms with Crippen LogP contribution in [0.2, 0.25) is 0 Å². The Hall–Kier alpha value is -7.11. The van der Waals surface area contributed by atoms with Gasteiger partial charge in [-0.05, 0) is 64.7 Å². The fraction of sp³-hybridized carbons (Fsp3) is 0. The van der Waals surface area contributed by atoms with Gasteiger partial charge < -0.3 is 8.98 Å². The second-order valence-corrected chi connectivity index (χ2v) is 13.2. The molecule has 0 saturated carbocycles. The topological polar surface area (TPSA) is 56.7 Å². The van der Waals surface area contributed by atoms with Crippen LogP contribution in [0.1, 0.15) is 0 Å². The first-order valence-corrected chi connectivity index (χ1v) is 17.5. The highest BCUT2D eigenvalue weighted by atomic mass is 16.3. The van der Waals surface area contributed by atoms with Crippen LogP contribution in [-0.4, -0.2) is 19.5 Å². The van der Waals surface area contributed by atoms with Gasteiger partial charge in [0.1, 0.15) is 11.2 Å². The average molecular weight is 665 g/mol. The number of benzene rings is 8. The summed E-state index contributed by atoms with van der Waals surface area (Å²) in [5.74, 6) is 1.83. The number of aromatic nitrogens is 4. The Kier molecular flexibility index (Phi) is 6.18. The Morgan fingerprint density at radius 1 is 0.404 bits per heavy atom. The summed E-state index contributed by atoms with van der Waals surface area (Å²) in [7, 11) is 0. The van der Waals surface area contributed by atoms with Gasteiger partial charge >= 0.3 is 0 Å². The van der Waals surface area contributed by atoms with E-state index in [1.54, 1.807) is 0 Å². The maximum absolute atomic E-state index is 6.72. The molecule has 52 heavy (non-hydrogen) atoms. The number of nitrogens with zero attached hydrogens (tertiary/aromatic N) is 4. The van der Waals surface area contributed by atoms with Crippen LogP contribution in [0.5, 0.6) is 0 Å². The molecule has 0 saturated heterocycles. The van der Waals surface area contributed by atoms with Crippen molar-refractivity contribution in [3.63, 3.8) is 0 Å². The van der Waals surface area contributed by atoms with Crippen LogP contribution < -0.4 is 0 Å². The monoisotopic (exact) mass is 664 g/mol. The van der Waals surface area contributed by atoms with Gasteiger partial charge in [0.15, 0.2) is 17.5 Å². The first kappa shape index (κ1) is 28.7. The highest BCUT2D eigenvalue weighted by Crippen LogP contribution is 2.42. The van der Waals surface area contributed by atoms with Crippen molar-refractivity contribution in [2.45, 2.75) is 0 Å². The summed E-state index contributed by atoms with van der Waals surface area (Å²) >= 11 is 0. The minimum absolute atomic E-state index is 0.599. The molecular formula is C47H28N4O. The molecule has 242 valence electrons. The normalized spacial score (nSPS) is 11.8. The molecule has 0 aliphatic heterocycles. The van der Waals surface area contributed by atoms with Crippen molar-refractivity contribution in [1.29, 1.82) is 0 Å². The fourth-order valence-corrected chi connectivity index (χ4v) is 7.87. The number of furan rings is 1. The lowest BCUT2D eigenvalue weighted by Gasteiger charge is -2.10. The molecule has 11 aromatic rings. The molecule has 0 atom stereocenters. The van der Waals surface area contributed by atoms with Crippen LogP contribution in [-0.2, 0) is 0 Å².